The van der Waals surface area contributed by atoms with Crippen LogP contribution < -0.4 is 5.73 Å². The number of hydrogen-bond acceptors (Lipinski definition) is 2. The predicted octanol–water partition coefficient (Wildman–Crippen LogP) is 2.71. The Morgan fingerprint density at radius 3 is 2.80 bits per heavy atom. The van der Waals surface area contributed by atoms with E-state index in [1.165, 1.54) is 44.9 Å². The van der Waals surface area contributed by atoms with Crippen molar-refractivity contribution in [2.45, 2.75) is 64.0 Å². The van der Waals surface area contributed by atoms with Crippen LogP contribution in [0.25, 0.3) is 0 Å². The van der Waals surface area contributed by atoms with Crippen LogP contribution in [0.2, 0.25) is 0 Å². The van der Waals surface area contributed by atoms with E-state index in [4.69, 9.17) is 10.5 Å². The lowest BCUT2D eigenvalue weighted by Crippen LogP contribution is -2.42. The Morgan fingerprint density at radius 1 is 1.27 bits per heavy atom. The third kappa shape index (κ3) is 2.73. The molecular weight excluding hydrogens is 186 g/mol. The van der Waals surface area contributed by atoms with Crippen LogP contribution in [0, 0.1) is 11.8 Å². The minimum absolute atomic E-state index is 0.307. The summed E-state index contributed by atoms with van der Waals surface area (Å²) < 4.78 is 5.71. The largest absolute Gasteiger partial charge is 0.377 e. The molecule has 88 valence electrons. The molecule has 2 rings (SSSR count). The summed E-state index contributed by atoms with van der Waals surface area (Å²) in [5, 5.41) is 0. The summed E-state index contributed by atoms with van der Waals surface area (Å²) in [5.74, 6) is 1.66. The average Bonchev–Trinajstić information content (AvgIpc) is 2.81. The molecule has 0 spiro atoms. The van der Waals surface area contributed by atoms with Crippen LogP contribution in [0.5, 0.6) is 0 Å². The fraction of sp³-hybridized carbons (Fsp3) is 1.00. The zero-order valence-corrected chi connectivity index (χ0v) is 9.95. The first kappa shape index (κ1) is 11.4. The molecule has 4 unspecified atom stereocenters. The van der Waals surface area contributed by atoms with Crippen LogP contribution in [0.3, 0.4) is 0 Å². The molecule has 1 aliphatic heterocycles. The van der Waals surface area contributed by atoms with Gasteiger partial charge in [-0.3, -0.25) is 0 Å². The monoisotopic (exact) mass is 211 g/mol. The molecule has 0 bridgehead atoms. The number of rotatable bonds is 3. The topological polar surface area (TPSA) is 35.2 Å². The maximum Gasteiger partial charge on any atom is 0.0729 e. The van der Waals surface area contributed by atoms with Gasteiger partial charge < -0.3 is 10.5 Å². The number of nitrogens with two attached hydrogens (primary N) is 1. The van der Waals surface area contributed by atoms with Crippen LogP contribution in [-0.4, -0.2) is 18.8 Å². The highest BCUT2D eigenvalue weighted by molar-refractivity contribution is 4.87. The molecule has 0 aromatic heterocycles. The highest BCUT2D eigenvalue weighted by Gasteiger charge is 2.32. The number of hydrogen-bond donors (Lipinski definition) is 1. The molecule has 0 amide bonds. The van der Waals surface area contributed by atoms with E-state index in [-0.39, 0.29) is 0 Å². The molecular formula is C13H25NO. The van der Waals surface area contributed by atoms with Gasteiger partial charge in [0.1, 0.15) is 0 Å². The highest BCUT2D eigenvalue weighted by Crippen LogP contribution is 2.34. The fourth-order valence-corrected chi connectivity index (χ4v) is 3.26. The average molecular weight is 211 g/mol. The van der Waals surface area contributed by atoms with Crippen LogP contribution in [-0.2, 0) is 4.74 Å². The molecule has 1 aliphatic carbocycles. The van der Waals surface area contributed by atoms with Gasteiger partial charge in [0, 0.05) is 12.6 Å². The van der Waals surface area contributed by atoms with E-state index in [0.717, 1.165) is 18.4 Å². The van der Waals surface area contributed by atoms with E-state index in [1.54, 1.807) is 0 Å². The first-order valence-electron chi connectivity index (χ1n) is 6.68. The lowest BCUT2D eigenvalue weighted by Gasteiger charge is -2.34. The molecule has 2 N–H and O–H groups in total. The summed E-state index contributed by atoms with van der Waals surface area (Å²) >= 11 is 0. The molecule has 2 nitrogen and oxygen atoms in total. The zero-order valence-electron chi connectivity index (χ0n) is 9.95. The second-order valence-corrected chi connectivity index (χ2v) is 5.33. The van der Waals surface area contributed by atoms with E-state index in [1.807, 2.05) is 0 Å². The Labute approximate surface area is 93.6 Å². The molecule has 0 aromatic carbocycles. The third-order valence-electron chi connectivity index (χ3n) is 4.34. The summed E-state index contributed by atoms with van der Waals surface area (Å²) in [7, 11) is 0. The predicted molar refractivity (Wildman–Crippen MR) is 62.7 cm³/mol. The third-order valence-corrected chi connectivity index (χ3v) is 4.34. The van der Waals surface area contributed by atoms with Crippen molar-refractivity contribution in [1.29, 1.82) is 0 Å². The lowest BCUT2D eigenvalue weighted by atomic mass is 9.75. The second-order valence-electron chi connectivity index (χ2n) is 5.33. The van der Waals surface area contributed by atoms with Crippen molar-refractivity contribution in [2.75, 3.05) is 6.61 Å². The summed E-state index contributed by atoms with van der Waals surface area (Å²) in [4.78, 5) is 0. The van der Waals surface area contributed by atoms with Crippen molar-refractivity contribution in [1.82, 2.24) is 0 Å². The standard InChI is InChI=1S/C13H25NO/c1-2-10-5-3-6-11(9-10)13(14)12-7-4-8-15-12/h10-13H,2-9,14H2,1H3. The number of ether oxygens (including phenoxy) is 1. The van der Waals surface area contributed by atoms with Crippen LogP contribution in [0.1, 0.15) is 51.9 Å². The molecule has 1 saturated carbocycles. The van der Waals surface area contributed by atoms with E-state index < -0.39 is 0 Å². The van der Waals surface area contributed by atoms with Gasteiger partial charge in [0.15, 0.2) is 0 Å². The van der Waals surface area contributed by atoms with E-state index in [2.05, 4.69) is 6.92 Å². The Bertz CT molecular complexity index is 189. The van der Waals surface area contributed by atoms with Gasteiger partial charge in [-0.15, -0.1) is 0 Å². The van der Waals surface area contributed by atoms with Crippen molar-refractivity contribution in [3.05, 3.63) is 0 Å². The Kier molecular flexibility index (Phi) is 4.04. The second kappa shape index (κ2) is 5.31. The smallest absolute Gasteiger partial charge is 0.0729 e. The fourth-order valence-electron chi connectivity index (χ4n) is 3.26. The van der Waals surface area contributed by atoms with Crippen molar-refractivity contribution >= 4 is 0 Å². The molecule has 4 atom stereocenters. The van der Waals surface area contributed by atoms with Crippen LogP contribution in [0.4, 0.5) is 0 Å². The minimum atomic E-state index is 0.307. The zero-order chi connectivity index (χ0) is 10.7. The van der Waals surface area contributed by atoms with Gasteiger partial charge in [0.25, 0.3) is 0 Å². The minimum Gasteiger partial charge on any atom is -0.377 e. The molecule has 2 aliphatic rings. The van der Waals surface area contributed by atoms with Crippen molar-refractivity contribution in [3.8, 4) is 0 Å². The van der Waals surface area contributed by atoms with Crippen LogP contribution >= 0.6 is 0 Å². The first-order valence-corrected chi connectivity index (χ1v) is 6.68. The van der Waals surface area contributed by atoms with Gasteiger partial charge in [-0.25, -0.2) is 0 Å². The quantitative estimate of drug-likeness (QED) is 0.779. The normalized spacial score (nSPS) is 39.2. The van der Waals surface area contributed by atoms with Crippen molar-refractivity contribution < 1.29 is 4.74 Å². The highest BCUT2D eigenvalue weighted by atomic mass is 16.5. The van der Waals surface area contributed by atoms with Gasteiger partial charge in [-0.1, -0.05) is 26.2 Å². The molecule has 1 heterocycles. The lowest BCUT2D eigenvalue weighted by molar-refractivity contribution is 0.0580. The summed E-state index contributed by atoms with van der Waals surface area (Å²) in [6, 6.07) is 0.307. The SMILES string of the molecule is CCC1CCCC(C(N)C2CCCO2)C1. The molecule has 1 saturated heterocycles. The van der Waals surface area contributed by atoms with E-state index in [9.17, 15) is 0 Å². The van der Waals surface area contributed by atoms with Crippen LogP contribution in [0.15, 0.2) is 0 Å². The Hall–Kier alpha value is -0.0800. The molecule has 0 aromatic rings. The van der Waals surface area contributed by atoms with Crippen molar-refractivity contribution in [3.63, 3.8) is 0 Å². The molecule has 2 fully saturated rings. The maximum atomic E-state index is 6.35. The van der Waals surface area contributed by atoms with Gasteiger partial charge >= 0.3 is 0 Å². The molecule has 0 radical (unpaired) electrons. The molecule has 2 heteroatoms. The summed E-state index contributed by atoms with van der Waals surface area (Å²) in [5.41, 5.74) is 6.35. The van der Waals surface area contributed by atoms with Crippen molar-refractivity contribution in [2.24, 2.45) is 17.6 Å². The first-order chi connectivity index (χ1) is 7.31. The summed E-state index contributed by atoms with van der Waals surface area (Å²) in [6.07, 6.45) is 9.57. The van der Waals surface area contributed by atoms with Gasteiger partial charge in [-0.2, -0.15) is 0 Å². The Morgan fingerprint density at radius 2 is 2.13 bits per heavy atom. The van der Waals surface area contributed by atoms with Gasteiger partial charge in [0.2, 0.25) is 0 Å². The van der Waals surface area contributed by atoms with E-state index >= 15 is 0 Å². The molecule has 15 heavy (non-hydrogen) atoms. The van der Waals surface area contributed by atoms with E-state index in [0.29, 0.717) is 12.1 Å². The maximum absolute atomic E-state index is 6.35. The van der Waals surface area contributed by atoms with Gasteiger partial charge in [-0.05, 0) is 37.5 Å². The van der Waals surface area contributed by atoms with Gasteiger partial charge in [0.05, 0.1) is 6.10 Å². The Balaban J connectivity index is 1.85. The summed E-state index contributed by atoms with van der Waals surface area (Å²) in [6.45, 7) is 3.24.